The fourth-order valence-electron chi connectivity index (χ4n) is 3.78. The Bertz CT molecular complexity index is 613. The molecule has 2 heterocycles. The molecule has 4 rings (SSSR count). The van der Waals surface area contributed by atoms with Crippen LogP contribution in [0.3, 0.4) is 0 Å². The lowest BCUT2D eigenvalue weighted by Crippen LogP contribution is -2.31. The summed E-state index contributed by atoms with van der Waals surface area (Å²) in [6.45, 7) is 0.929. The van der Waals surface area contributed by atoms with Gasteiger partial charge in [0.05, 0.1) is 6.04 Å². The first kappa shape index (κ1) is 13.0. The van der Waals surface area contributed by atoms with Crippen LogP contribution in [0.1, 0.15) is 61.1 Å². The smallest absolute Gasteiger partial charge is 0.150 e. The van der Waals surface area contributed by atoms with E-state index in [0.29, 0.717) is 12.1 Å². The summed E-state index contributed by atoms with van der Waals surface area (Å²) >= 11 is 0. The third-order valence-electron chi connectivity index (χ3n) is 4.96. The lowest BCUT2D eigenvalue weighted by Gasteiger charge is -2.29. The molecule has 2 aromatic rings. The third-order valence-corrected chi connectivity index (χ3v) is 4.96. The quantitative estimate of drug-likeness (QED) is 0.920. The molecule has 1 aromatic heterocycles. The highest BCUT2D eigenvalue weighted by atomic mass is 15.3. The van der Waals surface area contributed by atoms with E-state index in [-0.39, 0.29) is 0 Å². The fourth-order valence-corrected chi connectivity index (χ4v) is 3.78. The summed E-state index contributed by atoms with van der Waals surface area (Å²) in [7, 11) is 0. The molecular weight excluding hydrogens is 260 g/mol. The largest absolute Gasteiger partial charge is 0.313 e. The van der Waals surface area contributed by atoms with Crippen molar-refractivity contribution in [3.05, 3.63) is 47.5 Å². The van der Waals surface area contributed by atoms with Crippen molar-refractivity contribution in [3.8, 4) is 0 Å². The molecule has 110 valence electrons. The van der Waals surface area contributed by atoms with Crippen molar-refractivity contribution >= 4 is 0 Å². The number of aromatic nitrogens is 3. The van der Waals surface area contributed by atoms with Gasteiger partial charge in [-0.3, -0.25) is 0 Å². The first-order chi connectivity index (χ1) is 10.4. The topological polar surface area (TPSA) is 42.7 Å². The summed E-state index contributed by atoms with van der Waals surface area (Å²) in [6.07, 6.45) is 9.55. The number of nitrogens with one attached hydrogen (secondary N) is 1. The Morgan fingerprint density at radius 2 is 1.86 bits per heavy atom. The second kappa shape index (κ2) is 5.60. The summed E-state index contributed by atoms with van der Waals surface area (Å²) in [6, 6.07) is 9.60. The Morgan fingerprint density at radius 3 is 2.71 bits per heavy atom. The van der Waals surface area contributed by atoms with Crippen molar-refractivity contribution in [1.29, 1.82) is 0 Å². The van der Waals surface area contributed by atoms with E-state index >= 15 is 0 Å². The summed E-state index contributed by atoms with van der Waals surface area (Å²) in [5, 5.41) is 12.3. The van der Waals surface area contributed by atoms with Gasteiger partial charge in [-0.1, -0.05) is 43.5 Å². The monoisotopic (exact) mass is 282 g/mol. The van der Waals surface area contributed by atoms with Crippen molar-refractivity contribution in [2.75, 3.05) is 0 Å². The molecule has 1 aliphatic carbocycles. The van der Waals surface area contributed by atoms with Gasteiger partial charge >= 0.3 is 0 Å². The van der Waals surface area contributed by atoms with E-state index in [1.807, 2.05) is 6.33 Å². The first-order valence-electron chi connectivity index (χ1n) is 8.11. The van der Waals surface area contributed by atoms with Crippen LogP contribution in [0.4, 0.5) is 0 Å². The fraction of sp³-hybridized carbons (Fsp3) is 0.529. The van der Waals surface area contributed by atoms with E-state index < -0.39 is 0 Å². The summed E-state index contributed by atoms with van der Waals surface area (Å²) < 4.78 is 2.34. The zero-order valence-electron chi connectivity index (χ0n) is 12.3. The standard InChI is InChI=1S/C17H22N4/c1-2-8-15(9-3-1)21-12-19-20-17(21)16-10-13-6-4-5-7-14(13)11-18-16/h4-7,12,15-16,18H,1-3,8-11H2/t16-/m1/s1. The molecule has 0 bridgehead atoms. The molecule has 0 spiro atoms. The number of rotatable bonds is 2. The molecule has 1 fully saturated rings. The Kier molecular flexibility index (Phi) is 3.47. The van der Waals surface area contributed by atoms with Crippen molar-refractivity contribution in [3.63, 3.8) is 0 Å². The van der Waals surface area contributed by atoms with Crippen LogP contribution in [0.2, 0.25) is 0 Å². The molecule has 0 radical (unpaired) electrons. The van der Waals surface area contributed by atoms with Crippen LogP contribution in [-0.2, 0) is 13.0 Å². The van der Waals surface area contributed by atoms with Gasteiger partial charge in [-0.2, -0.15) is 0 Å². The minimum Gasteiger partial charge on any atom is -0.313 e. The molecule has 1 saturated carbocycles. The molecule has 4 heteroatoms. The predicted molar refractivity (Wildman–Crippen MR) is 81.9 cm³/mol. The molecule has 4 nitrogen and oxygen atoms in total. The van der Waals surface area contributed by atoms with Crippen LogP contribution in [0.15, 0.2) is 30.6 Å². The van der Waals surface area contributed by atoms with Gasteiger partial charge in [0.15, 0.2) is 5.82 Å². The van der Waals surface area contributed by atoms with Crippen molar-refractivity contribution in [2.45, 2.75) is 57.2 Å². The van der Waals surface area contributed by atoms with Crippen LogP contribution in [-0.4, -0.2) is 14.8 Å². The number of hydrogen-bond donors (Lipinski definition) is 1. The van der Waals surface area contributed by atoms with E-state index in [2.05, 4.69) is 44.3 Å². The SMILES string of the molecule is c1ccc2c(c1)CN[C@@H](c1nncn1C1CCCCC1)C2. The summed E-state index contributed by atoms with van der Waals surface area (Å²) in [4.78, 5) is 0. The minimum atomic E-state index is 0.296. The molecule has 1 N–H and O–H groups in total. The molecule has 0 unspecified atom stereocenters. The zero-order valence-corrected chi connectivity index (χ0v) is 12.3. The van der Waals surface area contributed by atoms with Crippen LogP contribution in [0, 0.1) is 0 Å². The molecule has 1 aliphatic heterocycles. The molecule has 1 aromatic carbocycles. The Morgan fingerprint density at radius 1 is 1.05 bits per heavy atom. The average Bonchev–Trinajstić information content (AvgIpc) is 3.05. The lowest BCUT2D eigenvalue weighted by atomic mass is 9.93. The second-order valence-corrected chi connectivity index (χ2v) is 6.29. The summed E-state index contributed by atoms with van der Waals surface area (Å²) in [5.74, 6) is 1.12. The highest BCUT2D eigenvalue weighted by molar-refractivity contribution is 5.30. The third kappa shape index (κ3) is 2.48. The van der Waals surface area contributed by atoms with Gasteiger partial charge in [0.1, 0.15) is 6.33 Å². The maximum absolute atomic E-state index is 4.44. The van der Waals surface area contributed by atoms with Crippen LogP contribution < -0.4 is 5.32 Å². The van der Waals surface area contributed by atoms with Crippen molar-refractivity contribution in [2.24, 2.45) is 0 Å². The van der Waals surface area contributed by atoms with E-state index in [1.54, 1.807) is 0 Å². The van der Waals surface area contributed by atoms with Gasteiger partial charge in [-0.05, 0) is 30.4 Å². The van der Waals surface area contributed by atoms with Crippen LogP contribution >= 0.6 is 0 Å². The van der Waals surface area contributed by atoms with E-state index in [4.69, 9.17) is 0 Å². The summed E-state index contributed by atoms with van der Waals surface area (Å²) in [5.41, 5.74) is 2.86. The van der Waals surface area contributed by atoms with E-state index in [0.717, 1.165) is 18.8 Å². The number of fused-ring (bicyclic) bond motifs is 1. The maximum Gasteiger partial charge on any atom is 0.150 e. The molecule has 1 atom stereocenters. The van der Waals surface area contributed by atoms with E-state index in [1.165, 1.54) is 43.2 Å². The number of hydrogen-bond acceptors (Lipinski definition) is 3. The highest BCUT2D eigenvalue weighted by Crippen LogP contribution is 2.32. The molecule has 0 saturated heterocycles. The van der Waals surface area contributed by atoms with Gasteiger partial charge in [0.2, 0.25) is 0 Å². The highest BCUT2D eigenvalue weighted by Gasteiger charge is 2.26. The van der Waals surface area contributed by atoms with Gasteiger partial charge in [-0.25, -0.2) is 0 Å². The maximum atomic E-state index is 4.44. The van der Waals surface area contributed by atoms with Crippen molar-refractivity contribution in [1.82, 2.24) is 20.1 Å². The zero-order chi connectivity index (χ0) is 14.1. The average molecular weight is 282 g/mol. The second-order valence-electron chi connectivity index (χ2n) is 6.29. The van der Waals surface area contributed by atoms with Gasteiger partial charge in [0, 0.05) is 12.6 Å². The Hall–Kier alpha value is -1.68. The number of nitrogens with zero attached hydrogens (tertiary/aromatic N) is 3. The molecular formula is C17H22N4. The Labute approximate surface area is 125 Å². The van der Waals surface area contributed by atoms with E-state index in [9.17, 15) is 0 Å². The van der Waals surface area contributed by atoms with Crippen LogP contribution in [0.5, 0.6) is 0 Å². The predicted octanol–water partition coefficient (Wildman–Crippen LogP) is 3.17. The molecule has 21 heavy (non-hydrogen) atoms. The van der Waals surface area contributed by atoms with Crippen LogP contribution in [0.25, 0.3) is 0 Å². The molecule has 0 amide bonds. The van der Waals surface area contributed by atoms with Crippen molar-refractivity contribution < 1.29 is 0 Å². The number of benzene rings is 1. The van der Waals surface area contributed by atoms with Gasteiger partial charge in [0.25, 0.3) is 0 Å². The van der Waals surface area contributed by atoms with Gasteiger partial charge < -0.3 is 9.88 Å². The minimum absolute atomic E-state index is 0.296. The van der Waals surface area contributed by atoms with Gasteiger partial charge in [-0.15, -0.1) is 10.2 Å². The first-order valence-corrected chi connectivity index (χ1v) is 8.11. The molecule has 2 aliphatic rings. The Balaban J connectivity index is 1.59. The normalized spacial score (nSPS) is 23.0. The lowest BCUT2D eigenvalue weighted by molar-refractivity contribution is 0.330.